The van der Waals surface area contributed by atoms with E-state index in [-0.39, 0.29) is 0 Å². The van der Waals surface area contributed by atoms with Crippen molar-refractivity contribution in [3.05, 3.63) is 11.7 Å². The van der Waals surface area contributed by atoms with Crippen molar-refractivity contribution >= 4 is 0 Å². The van der Waals surface area contributed by atoms with Crippen molar-refractivity contribution in [3.63, 3.8) is 0 Å². The number of rotatable bonds is 5. The normalized spacial score (nSPS) is 17.1. The van der Waals surface area contributed by atoms with Crippen molar-refractivity contribution in [2.75, 3.05) is 19.6 Å². The molecule has 0 saturated carbocycles. The van der Waals surface area contributed by atoms with Crippen LogP contribution < -0.4 is 5.32 Å². The first-order chi connectivity index (χ1) is 7.70. The quantitative estimate of drug-likeness (QED) is 0.808. The zero-order valence-corrected chi connectivity index (χ0v) is 10.2. The van der Waals surface area contributed by atoms with Gasteiger partial charge in [-0.25, -0.2) is 0 Å². The second-order valence-corrected chi connectivity index (χ2v) is 4.58. The highest BCUT2D eigenvalue weighted by Crippen LogP contribution is 2.13. The highest BCUT2D eigenvalue weighted by atomic mass is 16.5. The zero-order valence-electron chi connectivity index (χ0n) is 10.2. The summed E-state index contributed by atoms with van der Waals surface area (Å²) in [4.78, 5) is 6.77. The van der Waals surface area contributed by atoms with Gasteiger partial charge in [0.1, 0.15) is 0 Å². The molecule has 90 valence electrons. The second-order valence-electron chi connectivity index (χ2n) is 4.58. The van der Waals surface area contributed by atoms with Gasteiger partial charge < -0.3 is 9.84 Å². The first-order valence-corrected chi connectivity index (χ1v) is 5.98. The van der Waals surface area contributed by atoms with Crippen molar-refractivity contribution in [2.24, 2.45) is 0 Å². The van der Waals surface area contributed by atoms with Crippen LogP contribution in [0.1, 0.15) is 38.4 Å². The van der Waals surface area contributed by atoms with Crippen LogP contribution in [0.2, 0.25) is 0 Å². The minimum atomic E-state index is 0.331. The zero-order chi connectivity index (χ0) is 11.5. The summed E-state index contributed by atoms with van der Waals surface area (Å²) < 4.78 is 5.25. The van der Waals surface area contributed by atoms with Gasteiger partial charge in [-0.15, -0.1) is 0 Å². The maximum atomic E-state index is 5.25. The number of likely N-dealkylation sites (N-methyl/N-ethyl adjacent to an activating group) is 1. The molecule has 0 aromatic carbocycles. The van der Waals surface area contributed by atoms with Crippen LogP contribution >= 0.6 is 0 Å². The van der Waals surface area contributed by atoms with E-state index in [0.717, 1.165) is 37.9 Å². The molecule has 0 bridgehead atoms. The molecule has 1 aliphatic rings. The van der Waals surface area contributed by atoms with Crippen LogP contribution in [0, 0.1) is 0 Å². The lowest BCUT2D eigenvalue weighted by Crippen LogP contribution is -2.56. The maximum Gasteiger partial charge on any atom is 0.240 e. The molecule has 1 fully saturated rings. The Kier molecular flexibility index (Phi) is 3.56. The number of nitrogens with zero attached hydrogens (tertiary/aromatic N) is 3. The lowest BCUT2D eigenvalue weighted by molar-refractivity contribution is 0.129. The molecule has 0 aliphatic carbocycles. The van der Waals surface area contributed by atoms with Gasteiger partial charge in [-0.1, -0.05) is 25.9 Å². The summed E-state index contributed by atoms with van der Waals surface area (Å²) in [5.41, 5.74) is 0. The predicted molar refractivity (Wildman–Crippen MR) is 61.1 cm³/mol. The Hall–Kier alpha value is -0.940. The molecule has 0 spiro atoms. The molecule has 5 heteroatoms. The standard InChI is InChI=1S/C11H20N4O/c1-4-15(9-5-12-6-9)7-10-13-11(8(2)3)14-16-10/h8-9,12H,4-7H2,1-3H3. The molecule has 1 aromatic rings. The van der Waals surface area contributed by atoms with Gasteiger partial charge in [-0.2, -0.15) is 4.98 Å². The third-order valence-electron chi connectivity index (χ3n) is 3.02. The summed E-state index contributed by atoms with van der Waals surface area (Å²) in [5, 5.41) is 7.25. The van der Waals surface area contributed by atoms with Crippen molar-refractivity contribution in [1.29, 1.82) is 0 Å². The lowest BCUT2D eigenvalue weighted by Gasteiger charge is -2.36. The summed E-state index contributed by atoms with van der Waals surface area (Å²) >= 11 is 0. The van der Waals surface area contributed by atoms with Gasteiger partial charge >= 0.3 is 0 Å². The van der Waals surface area contributed by atoms with Crippen molar-refractivity contribution in [2.45, 2.75) is 39.3 Å². The Morgan fingerprint density at radius 1 is 1.50 bits per heavy atom. The Bertz CT molecular complexity index is 332. The molecule has 2 heterocycles. The summed E-state index contributed by atoms with van der Waals surface area (Å²) in [6, 6.07) is 0.624. The van der Waals surface area contributed by atoms with Crippen LogP contribution in [-0.2, 0) is 6.54 Å². The molecule has 1 aromatic heterocycles. The van der Waals surface area contributed by atoms with Crippen LogP contribution in [0.15, 0.2) is 4.52 Å². The van der Waals surface area contributed by atoms with E-state index in [0.29, 0.717) is 12.0 Å². The Morgan fingerprint density at radius 3 is 2.69 bits per heavy atom. The predicted octanol–water partition coefficient (Wildman–Crippen LogP) is 0.987. The number of nitrogens with one attached hydrogen (secondary N) is 1. The van der Waals surface area contributed by atoms with Crippen LogP contribution in [0.5, 0.6) is 0 Å². The summed E-state index contributed by atoms with van der Waals surface area (Å²) in [6.07, 6.45) is 0. The molecule has 1 saturated heterocycles. The van der Waals surface area contributed by atoms with Gasteiger partial charge in [0.15, 0.2) is 5.82 Å². The van der Waals surface area contributed by atoms with Gasteiger partial charge in [-0.3, -0.25) is 4.90 Å². The van der Waals surface area contributed by atoms with E-state index in [2.05, 4.69) is 41.1 Å². The fourth-order valence-corrected chi connectivity index (χ4v) is 1.77. The third-order valence-corrected chi connectivity index (χ3v) is 3.02. The fraction of sp³-hybridized carbons (Fsp3) is 0.818. The maximum absolute atomic E-state index is 5.25. The first kappa shape index (κ1) is 11.5. The van der Waals surface area contributed by atoms with Crippen molar-refractivity contribution in [3.8, 4) is 0 Å². The Balaban J connectivity index is 1.95. The van der Waals surface area contributed by atoms with Crippen molar-refractivity contribution < 1.29 is 4.52 Å². The topological polar surface area (TPSA) is 54.2 Å². The van der Waals surface area contributed by atoms with E-state index in [1.165, 1.54) is 0 Å². The molecule has 1 aliphatic heterocycles. The van der Waals surface area contributed by atoms with Gasteiger partial charge in [0.05, 0.1) is 6.54 Å². The Morgan fingerprint density at radius 2 is 2.25 bits per heavy atom. The number of hydrogen-bond donors (Lipinski definition) is 1. The third kappa shape index (κ3) is 2.41. The molecule has 0 amide bonds. The minimum absolute atomic E-state index is 0.331. The molecule has 2 rings (SSSR count). The van der Waals surface area contributed by atoms with E-state index in [1.807, 2.05) is 0 Å². The van der Waals surface area contributed by atoms with Crippen LogP contribution in [0.25, 0.3) is 0 Å². The number of hydrogen-bond acceptors (Lipinski definition) is 5. The molecule has 0 atom stereocenters. The fourth-order valence-electron chi connectivity index (χ4n) is 1.77. The average molecular weight is 224 g/mol. The summed E-state index contributed by atoms with van der Waals surface area (Å²) in [7, 11) is 0. The number of aromatic nitrogens is 2. The highest BCUT2D eigenvalue weighted by Gasteiger charge is 2.24. The van der Waals surface area contributed by atoms with Crippen molar-refractivity contribution in [1.82, 2.24) is 20.4 Å². The van der Waals surface area contributed by atoms with Crippen LogP contribution in [0.4, 0.5) is 0 Å². The van der Waals surface area contributed by atoms with E-state index < -0.39 is 0 Å². The summed E-state index contributed by atoms with van der Waals surface area (Å²) in [5.74, 6) is 1.87. The molecule has 0 unspecified atom stereocenters. The monoisotopic (exact) mass is 224 g/mol. The summed E-state index contributed by atoms with van der Waals surface area (Å²) in [6.45, 7) is 10.2. The van der Waals surface area contributed by atoms with Gasteiger partial charge in [0, 0.05) is 25.0 Å². The molecule has 5 nitrogen and oxygen atoms in total. The van der Waals surface area contributed by atoms with Gasteiger partial charge in [0.2, 0.25) is 5.89 Å². The van der Waals surface area contributed by atoms with E-state index in [4.69, 9.17) is 4.52 Å². The molecular formula is C11H20N4O. The lowest BCUT2D eigenvalue weighted by atomic mass is 10.1. The van der Waals surface area contributed by atoms with E-state index in [1.54, 1.807) is 0 Å². The average Bonchev–Trinajstić information content (AvgIpc) is 2.62. The van der Waals surface area contributed by atoms with E-state index in [9.17, 15) is 0 Å². The minimum Gasteiger partial charge on any atom is -0.338 e. The second kappa shape index (κ2) is 4.93. The molecular weight excluding hydrogens is 204 g/mol. The van der Waals surface area contributed by atoms with E-state index >= 15 is 0 Å². The highest BCUT2D eigenvalue weighted by molar-refractivity contribution is 4.93. The Labute approximate surface area is 96.2 Å². The molecule has 1 N–H and O–H groups in total. The largest absolute Gasteiger partial charge is 0.338 e. The molecule has 0 radical (unpaired) electrons. The SMILES string of the molecule is CCN(Cc1nc(C(C)C)no1)C1CNC1. The molecule has 16 heavy (non-hydrogen) atoms. The van der Waals surface area contributed by atoms with Gasteiger partial charge in [-0.05, 0) is 6.54 Å². The first-order valence-electron chi connectivity index (χ1n) is 5.98. The van der Waals surface area contributed by atoms with Crippen LogP contribution in [-0.4, -0.2) is 40.7 Å². The smallest absolute Gasteiger partial charge is 0.240 e. The van der Waals surface area contributed by atoms with Crippen LogP contribution in [0.3, 0.4) is 0 Å². The van der Waals surface area contributed by atoms with Gasteiger partial charge in [0.25, 0.3) is 0 Å².